The van der Waals surface area contributed by atoms with E-state index in [9.17, 15) is 10.1 Å². The zero-order chi connectivity index (χ0) is 14.9. The van der Waals surface area contributed by atoms with Gasteiger partial charge in [-0.15, -0.1) is 0 Å². The molecule has 2 heterocycles. The Hall–Kier alpha value is -2.13. The van der Waals surface area contributed by atoms with E-state index in [0.717, 1.165) is 31.9 Å². The van der Waals surface area contributed by atoms with E-state index < -0.39 is 4.92 Å². The third-order valence-corrected chi connectivity index (χ3v) is 4.87. The normalized spacial score (nSPS) is 20.4. The number of nitro groups is 1. The lowest BCUT2D eigenvalue weighted by atomic mass is 10.1. The van der Waals surface area contributed by atoms with Gasteiger partial charge in [-0.3, -0.25) is 10.1 Å². The molecule has 0 saturated carbocycles. The van der Waals surface area contributed by atoms with Gasteiger partial charge < -0.3 is 9.38 Å². The van der Waals surface area contributed by atoms with Gasteiger partial charge in [-0.25, -0.2) is 0 Å². The van der Waals surface area contributed by atoms with Crippen molar-refractivity contribution in [3.63, 3.8) is 0 Å². The van der Waals surface area contributed by atoms with Crippen LogP contribution in [0.3, 0.4) is 0 Å². The van der Waals surface area contributed by atoms with Crippen LogP contribution in [-0.4, -0.2) is 48.7 Å². The van der Waals surface area contributed by atoms with Crippen molar-refractivity contribution in [3.05, 3.63) is 33.9 Å². The largest absolute Gasteiger partial charge is 0.360 e. The van der Waals surface area contributed by atoms with Crippen LogP contribution in [0.25, 0.3) is 0 Å². The second-order valence-corrected chi connectivity index (χ2v) is 6.00. The van der Waals surface area contributed by atoms with Crippen LogP contribution in [0, 0.1) is 21.4 Å². The fourth-order valence-electron chi connectivity index (χ4n) is 3.56. The van der Waals surface area contributed by atoms with Crippen molar-refractivity contribution in [1.29, 1.82) is 5.26 Å². The molecule has 0 atom stereocenters. The minimum atomic E-state index is -0.472. The summed E-state index contributed by atoms with van der Waals surface area (Å²) in [4.78, 5) is 12.8. The predicted molar refractivity (Wildman–Crippen MR) is 79.0 cm³/mol. The highest BCUT2D eigenvalue weighted by atomic mass is 16.6. The van der Waals surface area contributed by atoms with Crippen LogP contribution in [0.1, 0.15) is 18.4 Å². The Morgan fingerprint density at radius 1 is 1.19 bits per heavy atom. The summed E-state index contributed by atoms with van der Waals surface area (Å²) >= 11 is 0. The molecule has 1 spiro atoms. The van der Waals surface area contributed by atoms with Crippen LogP contribution < -0.4 is 4.90 Å². The summed E-state index contributed by atoms with van der Waals surface area (Å²) in [6.45, 7) is 6.66. The molecule has 2 saturated heterocycles. The molecule has 0 amide bonds. The Morgan fingerprint density at radius 3 is 2.43 bits per heavy atom. The molecule has 2 fully saturated rings. The van der Waals surface area contributed by atoms with Crippen LogP contribution in [0.15, 0.2) is 18.2 Å². The summed E-state index contributed by atoms with van der Waals surface area (Å²) in [6, 6.07) is 6.81. The third-order valence-electron chi connectivity index (χ3n) is 4.87. The van der Waals surface area contributed by atoms with Crippen molar-refractivity contribution in [3.8, 4) is 6.07 Å². The molecule has 2 aliphatic rings. The number of hydrogen-bond acceptors (Lipinski definition) is 4. The summed E-state index contributed by atoms with van der Waals surface area (Å²) in [5.74, 6) is 0. The fraction of sp³-hybridized carbons (Fsp3) is 0.533. The van der Waals surface area contributed by atoms with E-state index in [-0.39, 0.29) is 11.3 Å². The van der Waals surface area contributed by atoms with E-state index in [4.69, 9.17) is 5.26 Å². The molecule has 6 nitrogen and oxygen atoms in total. The van der Waals surface area contributed by atoms with Gasteiger partial charge >= 0.3 is 0 Å². The first-order valence-electron chi connectivity index (χ1n) is 7.42. The number of piperazine rings is 1. The number of benzene rings is 1. The minimum absolute atomic E-state index is 0.0920. The quantitative estimate of drug-likeness (QED) is 0.473. The molecular weight excluding hydrogens is 268 g/mol. The van der Waals surface area contributed by atoms with Crippen molar-refractivity contribution in [2.45, 2.75) is 12.8 Å². The molecule has 110 valence electrons. The zero-order valence-electron chi connectivity index (χ0n) is 12.0. The number of rotatable bonds is 2. The van der Waals surface area contributed by atoms with E-state index in [1.54, 1.807) is 6.07 Å². The van der Waals surface area contributed by atoms with E-state index >= 15 is 0 Å². The van der Waals surface area contributed by atoms with Crippen molar-refractivity contribution < 1.29 is 9.41 Å². The second-order valence-electron chi connectivity index (χ2n) is 6.00. The Bertz CT molecular complexity index is 592. The first-order chi connectivity index (χ1) is 10.1. The molecule has 0 aliphatic carbocycles. The summed E-state index contributed by atoms with van der Waals surface area (Å²) in [7, 11) is 0. The Labute approximate surface area is 123 Å². The van der Waals surface area contributed by atoms with Crippen molar-refractivity contribution in [1.82, 2.24) is 0 Å². The maximum absolute atomic E-state index is 11.1. The summed E-state index contributed by atoms with van der Waals surface area (Å²) < 4.78 is 1.22. The predicted octanol–water partition coefficient (Wildman–Crippen LogP) is 1.90. The van der Waals surface area contributed by atoms with E-state index in [0.29, 0.717) is 0 Å². The van der Waals surface area contributed by atoms with Gasteiger partial charge in [-0.05, 0) is 12.1 Å². The number of hydrogen-bond donors (Lipinski definition) is 0. The monoisotopic (exact) mass is 287 g/mol. The molecule has 3 rings (SSSR count). The first-order valence-corrected chi connectivity index (χ1v) is 7.42. The molecule has 6 heteroatoms. The summed E-state index contributed by atoms with van der Waals surface area (Å²) in [5.41, 5.74) is 0.896. The molecule has 21 heavy (non-hydrogen) atoms. The lowest BCUT2D eigenvalue weighted by Crippen LogP contribution is -2.58. The molecule has 1 aromatic carbocycles. The van der Waals surface area contributed by atoms with Gasteiger partial charge in [0.2, 0.25) is 0 Å². The highest BCUT2D eigenvalue weighted by molar-refractivity contribution is 5.60. The lowest BCUT2D eigenvalue weighted by Gasteiger charge is -2.42. The molecular formula is C15H19N4O2+. The Balaban J connectivity index is 1.78. The highest BCUT2D eigenvalue weighted by Gasteiger charge is 2.36. The van der Waals surface area contributed by atoms with Crippen LogP contribution >= 0.6 is 0 Å². The Morgan fingerprint density at radius 2 is 1.86 bits per heavy atom. The van der Waals surface area contributed by atoms with E-state index in [1.807, 2.05) is 12.1 Å². The summed E-state index contributed by atoms with van der Waals surface area (Å²) in [6.07, 6.45) is 2.64. The van der Waals surface area contributed by atoms with E-state index in [2.05, 4.69) is 4.90 Å². The van der Waals surface area contributed by atoms with Crippen molar-refractivity contribution >= 4 is 11.4 Å². The van der Waals surface area contributed by atoms with Crippen LogP contribution in [0.5, 0.6) is 0 Å². The van der Waals surface area contributed by atoms with Crippen LogP contribution in [0.4, 0.5) is 11.4 Å². The van der Waals surface area contributed by atoms with Gasteiger partial charge in [-0.2, -0.15) is 5.26 Å². The van der Waals surface area contributed by atoms with Gasteiger partial charge in [0.25, 0.3) is 5.69 Å². The number of quaternary nitrogens is 1. The second kappa shape index (κ2) is 5.34. The minimum Gasteiger partial charge on any atom is -0.360 e. The third kappa shape index (κ3) is 2.57. The number of anilines is 1. The SMILES string of the molecule is N#Cc1ccc(N2CC[N+]3(CCCC3)CC2)cc1[N+](=O)[O-]. The van der Waals surface area contributed by atoms with Gasteiger partial charge in [0.15, 0.2) is 0 Å². The lowest BCUT2D eigenvalue weighted by molar-refractivity contribution is -0.917. The molecule has 0 bridgehead atoms. The fourth-order valence-corrected chi connectivity index (χ4v) is 3.56. The van der Waals surface area contributed by atoms with E-state index in [1.165, 1.54) is 36.5 Å². The molecule has 0 unspecified atom stereocenters. The number of nitro benzene ring substituents is 1. The van der Waals surface area contributed by atoms with Gasteiger partial charge in [0.05, 0.1) is 44.2 Å². The van der Waals surface area contributed by atoms with Crippen LogP contribution in [-0.2, 0) is 0 Å². The first kappa shape index (κ1) is 13.8. The standard InChI is InChI=1S/C15H19N4O2/c16-12-13-3-4-14(11-15(13)18(20)21)17-5-9-19(10-6-17)7-1-2-8-19/h3-4,11H,1-2,5-10H2/q+1. The number of nitrogens with zero attached hydrogens (tertiary/aromatic N) is 4. The van der Waals surface area contributed by atoms with Gasteiger partial charge in [0.1, 0.15) is 11.6 Å². The van der Waals surface area contributed by atoms with Gasteiger partial charge in [0, 0.05) is 24.6 Å². The zero-order valence-corrected chi connectivity index (χ0v) is 12.0. The smallest absolute Gasteiger partial charge is 0.289 e. The average molecular weight is 287 g/mol. The molecule has 0 N–H and O–H groups in total. The van der Waals surface area contributed by atoms with Crippen molar-refractivity contribution in [2.24, 2.45) is 0 Å². The van der Waals surface area contributed by atoms with Crippen LogP contribution in [0.2, 0.25) is 0 Å². The Kier molecular flexibility index (Phi) is 3.52. The van der Waals surface area contributed by atoms with Crippen molar-refractivity contribution in [2.75, 3.05) is 44.2 Å². The molecule has 0 aromatic heterocycles. The maximum Gasteiger partial charge on any atom is 0.289 e. The highest BCUT2D eigenvalue weighted by Crippen LogP contribution is 2.28. The average Bonchev–Trinajstić information content (AvgIpc) is 2.95. The topological polar surface area (TPSA) is 70.2 Å². The molecule has 1 aromatic rings. The molecule has 2 aliphatic heterocycles. The number of nitriles is 1. The summed E-state index contributed by atoms with van der Waals surface area (Å²) in [5, 5.41) is 20.0. The maximum atomic E-state index is 11.1. The van der Waals surface area contributed by atoms with Gasteiger partial charge in [-0.1, -0.05) is 0 Å². The molecule has 0 radical (unpaired) electrons.